The molecule has 72 valence electrons. The number of rotatable bonds is 2. The highest BCUT2D eigenvalue weighted by Crippen LogP contribution is 2.17. The van der Waals surface area contributed by atoms with Crippen LogP contribution in [0, 0.1) is 6.92 Å². The van der Waals surface area contributed by atoms with Gasteiger partial charge in [0, 0.05) is 11.3 Å². The predicted octanol–water partition coefficient (Wildman–Crippen LogP) is 2.19. The average molecular weight is 219 g/mol. The van der Waals surface area contributed by atoms with Gasteiger partial charge in [0.05, 0.1) is 5.75 Å². The fourth-order valence-electron chi connectivity index (χ4n) is 1.08. The Balaban J connectivity index is 3.08. The zero-order valence-corrected chi connectivity index (χ0v) is 9.11. The van der Waals surface area contributed by atoms with E-state index in [2.05, 4.69) is 0 Å². The highest BCUT2D eigenvalue weighted by Gasteiger charge is 2.07. The Kier molecular flexibility index (Phi) is 2.98. The van der Waals surface area contributed by atoms with E-state index in [0.717, 1.165) is 11.1 Å². The predicted molar refractivity (Wildman–Crippen MR) is 54.7 cm³/mol. The highest BCUT2D eigenvalue weighted by atomic mass is 35.5. The van der Waals surface area contributed by atoms with E-state index in [1.165, 1.54) is 6.26 Å². The molecule has 1 aromatic carbocycles. The molecule has 0 aliphatic rings. The number of benzene rings is 1. The van der Waals surface area contributed by atoms with Crippen molar-refractivity contribution in [2.24, 2.45) is 0 Å². The minimum atomic E-state index is -2.98. The molecule has 0 N–H and O–H groups in total. The Hall–Kier alpha value is -0.540. The van der Waals surface area contributed by atoms with Gasteiger partial charge in [0.1, 0.15) is 0 Å². The fraction of sp³-hybridized carbons (Fsp3) is 0.333. The Morgan fingerprint density at radius 1 is 1.38 bits per heavy atom. The maximum Gasteiger partial charge on any atom is 0.151 e. The molecule has 0 aromatic heterocycles. The van der Waals surface area contributed by atoms with Gasteiger partial charge in [-0.3, -0.25) is 0 Å². The molecule has 0 radical (unpaired) electrons. The molecule has 0 aliphatic heterocycles. The molecule has 1 aromatic rings. The molecule has 0 aliphatic carbocycles. The number of aryl methyl sites for hydroxylation is 1. The molecule has 0 bridgehead atoms. The van der Waals surface area contributed by atoms with Crippen molar-refractivity contribution in [2.75, 3.05) is 6.26 Å². The van der Waals surface area contributed by atoms with Gasteiger partial charge in [0.2, 0.25) is 0 Å². The quantitative estimate of drug-likeness (QED) is 0.763. The Morgan fingerprint density at radius 2 is 2.00 bits per heavy atom. The van der Waals surface area contributed by atoms with Gasteiger partial charge in [0.25, 0.3) is 0 Å². The van der Waals surface area contributed by atoms with Gasteiger partial charge in [-0.25, -0.2) is 8.42 Å². The first-order valence-electron chi connectivity index (χ1n) is 3.81. The van der Waals surface area contributed by atoms with Crippen LogP contribution in [0.4, 0.5) is 0 Å². The summed E-state index contributed by atoms with van der Waals surface area (Å²) in [6.07, 6.45) is 1.22. The number of hydrogen-bond acceptors (Lipinski definition) is 2. The number of hydrogen-bond donors (Lipinski definition) is 0. The first kappa shape index (κ1) is 10.5. The van der Waals surface area contributed by atoms with E-state index < -0.39 is 9.84 Å². The second kappa shape index (κ2) is 3.68. The smallest absolute Gasteiger partial charge is 0.151 e. The Labute approximate surface area is 83.5 Å². The van der Waals surface area contributed by atoms with E-state index in [9.17, 15) is 8.42 Å². The Morgan fingerprint density at radius 3 is 2.54 bits per heavy atom. The van der Waals surface area contributed by atoms with Crippen LogP contribution in [-0.4, -0.2) is 14.7 Å². The van der Waals surface area contributed by atoms with Gasteiger partial charge in [0.15, 0.2) is 9.84 Å². The third-order valence-corrected chi connectivity index (χ3v) is 2.80. The number of halogens is 1. The first-order valence-corrected chi connectivity index (χ1v) is 6.25. The second-order valence-corrected chi connectivity index (χ2v) is 5.72. The summed E-state index contributed by atoms with van der Waals surface area (Å²) in [5.41, 5.74) is 1.73. The molecule has 0 spiro atoms. The average Bonchev–Trinajstić information content (AvgIpc) is 1.94. The summed E-state index contributed by atoms with van der Waals surface area (Å²) < 4.78 is 22.0. The van der Waals surface area contributed by atoms with Crippen molar-refractivity contribution in [3.8, 4) is 0 Å². The maximum absolute atomic E-state index is 11.0. The summed E-state index contributed by atoms with van der Waals surface area (Å²) in [4.78, 5) is 0. The maximum atomic E-state index is 11.0. The van der Waals surface area contributed by atoms with Gasteiger partial charge >= 0.3 is 0 Å². The van der Waals surface area contributed by atoms with Crippen LogP contribution < -0.4 is 0 Å². The lowest BCUT2D eigenvalue weighted by Crippen LogP contribution is -2.02. The highest BCUT2D eigenvalue weighted by molar-refractivity contribution is 7.89. The minimum Gasteiger partial charge on any atom is -0.229 e. The fourth-order valence-corrected chi connectivity index (χ4v) is 2.15. The van der Waals surface area contributed by atoms with Crippen LogP contribution in [0.2, 0.25) is 5.02 Å². The SMILES string of the molecule is Cc1ccc(Cl)cc1CS(C)(=O)=O. The molecule has 0 saturated heterocycles. The molecule has 0 unspecified atom stereocenters. The zero-order valence-electron chi connectivity index (χ0n) is 7.54. The summed E-state index contributed by atoms with van der Waals surface area (Å²) in [6.45, 7) is 1.87. The molecule has 13 heavy (non-hydrogen) atoms. The minimum absolute atomic E-state index is 0.0550. The standard InChI is InChI=1S/C9H11ClO2S/c1-7-3-4-9(10)5-8(7)6-13(2,11)12/h3-5H,6H2,1-2H3. The topological polar surface area (TPSA) is 34.1 Å². The molecular formula is C9H11ClO2S. The lowest BCUT2D eigenvalue weighted by Gasteiger charge is -2.04. The van der Waals surface area contributed by atoms with Crippen molar-refractivity contribution >= 4 is 21.4 Å². The summed E-state index contributed by atoms with van der Waals surface area (Å²) in [5.74, 6) is 0.0550. The third-order valence-electron chi connectivity index (χ3n) is 1.73. The van der Waals surface area contributed by atoms with Gasteiger partial charge < -0.3 is 0 Å². The molecule has 2 nitrogen and oxygen atoms in total. The van der Waals surface area contributed by atoms with Crippen LogP contribution in [0.5, 0.6) is 0 Å². The van der Waals surface area contributed by atoms with Crippen LogP contribution in [0.1, 0.15) is 11.1 Å². The molecule has 0 fully saturated rings. The lowest BCUT2D eigenvalue weighted by atomic mass is 10.1. The monoisotopic (exact) mass is 218 g/mol. The van der Waals surface area contributed by atoms with Gasteiger partial charge in [-0.05, 0) is 30.2 Å². The van der Waals surface area contributed by atoms with Crippen molar-refractivity contribution in [3.05, 3.63) is 34.3 Å². The van der Waals surface area contributed by atoms with Crippen LogP contribution in [-0.2, 0) is 15.6 Å². The normalized spacial score (nSPS) is 11.6. The summed E-state index contributed by atoms with van der Waals surface area (Å²) in [7, 11) is -2.98. The summed E-state index contributed by atoms with van der Waals surface area (Å²) in [5, 5.41) is 0.573. The van der Waals surface area contributed by atoms with E-state index in [1.807, 2.05) is 13.0 Å². The van der Waals surface area contributed by atoms with Crippen LogP contribution in [0.25, 0.3) is 0 Å². The van der Waals surface area contributed by atoms with E-state index in [0.29, 0.717) is 5.02 Å². The van der Waals surface area contributed by atoms with Crippen LogP contribution in [0.15, 0.2) is 18.2 Å². The second-order valence-electron chi connectivity index (χ2n) is 3.14. The van der Waals surface area contributed by atoms with Gasteiger partial charge in [-0.2, -0.15) is 0 Å². The van der Waals surface area contributed by atoms with Crippen molar-refractivity contribution in [1.82, 2.24) is 0 Å². The third kappa shape index (κ3) is 3.36. The van der Waals surface area contributed by atoms with E-state index in [-0.39, 0.29) is 5.75 Å². The lowest BCUT2D eigenvalue weighted by molar-refractivity contribution is 0.601. The molecule has 0 saturated carbocycles. The molecule has 1 rings (SSSR count). The largest absolute Gasteiger partial charge is 0.229 e. The Bertz CT molecular complexity index is 410. The first-order chi connectivity index (χ1) is 5.88. The van der Waals surface area contributed by atoms with Crippen molar-refractivity contribution in [1.29, 1.82) is 0 Å². The van der Waals surface area contributed by atoms with Gasteiger partial charge in [-0.15, -0.1) is 0 Å². The molecule has 0 amide bonds. The molecule has 4 heteroatoms. The molecular weight excluding hydrogens is 208 g/mol. The van der Waals surface area contributed by atoms with Crippen molar-refractivity contribution in [2.45, 2.75) is 12.7 Å². The van der Waals surface area contributed by atoms with Crippen molar-refractivity contribution in [3.63, 3.8) is 0 Å². The summed E-state index contributed by atoms with van der Waals surface area (Å²) in [6, 6.07) is 5.27. The van der Waals surface area contributed by atoms with E-state index >= 15 is 0 Å². The van der Waals surface area contributed by atoms with Crippen LogP contribution >= 0.6 is 11.6 Å². The van der Waals surface area contributed by atoms with E-state index in [1.54, 1.807) is 12.1 Å². The van der Waals surface area contributed by atoms with Gasteiger partial charge in [-0.1, -0.05) is 17.7 Å². The van der Waals surface area contributed by atoms with E-state index in [4.69, 9.17) is 11.6 Å². The summed E-state index contributed by atoms with van der Waals surface area (Å²) >= 11 is 5.75. The zero-order chi connectivity index (χ0) is 10.1. The molecule has 0 atom stereocenters. The molecule has 0 heterocycles. The number of sulfone groups is 1. The van der Waals surface area contributed by atoms with Crippen molar-refractivity contribution < 1.29 is 8.42 Å². The van der Waals surface area contributed by atoms with Crippen LogP contribution in [0.3, 0.4) is 0 Å².